The van der Waals surface area contributed by atoms with Gasteiger partial charge in [0.05, 0.1) is 19.3 Å². The van der Waals surface area contributed by atoms with Crippen LogP contribution in [-0.4, -0.2) is 60.5 Å². The minimum atomic E-state index is -1.08. The summed E-state index contributed by atoms with van der Waals surface area (Å²) in [5.74, 6) is -1.73. The van der Waals surface area contributed by atoms with Crippen LogP contribution in [0.1, 0.15) is 41.5 Å². The minimum Gasteiger partial charge on any atom is -0.444 e. The molecule has 0 aliphatic carbocycles. The number of nitrogens with one attached hydrogen (secondary N) is 1. The summed E-state index contributed by atoms with van der Waals surface area (Å²) in [6.45, 7) is 13.6. The number of rotatable bonds is 11. The summed E-state index contributed by atoms with van der Waals surface area (Å²) in [5, 5.41) is 12.0. The monoisotopic (exact) mass is 387 g/mol. The summed E-state index contributed by atoms with van der Waals surface area (Å²) in [7, 11) is 0. The number of Topliss-reactive ketones (excluding diaryl/α,β-unsaturated/α-hetero) is 1. The standard InChI is InChI=1S/C19H33NO7/c1-8-15(13(3)14(4)22)16(26-10-9-25-11-12(2)21)17(23)20-18(24)27-19(5,6)7/h8,13-16,22H,1,9-11H2,2-7H3,(H,20,23,24)/t13-,14+,15+,16?/m1/s1. The van der Waals surface area contributed by atoms with Crippen molar-refractivity contribution in [2.45, 2.75) is 59.4 Å². The Bertz CT molecular complexity index is 511. The fraction of sp³-hybridized carbons (Fsp3) is 0.737. The van der Waals surface area contributed by atoms with Gasteiger partial charge in [0.15, 0.2) is 5.78 Å². The normalized spacial score (nSPS) is 16.0. The van der Waals surface area contributed by atoms with E-state index in [9.17, 15) is 19.5 Å². The Morgan fingerprint density at radius 1 is 1.19 bits per heavy atom. The molecule has 2 N–H and O–H groups in total. The number of alkyl carbamates (subject to hydrolysis) is 1. The van der Waals surface area contributed by atoms with Crippen LogP contribution in [0.5, 0.6) is 0 Å². The predicted molar refractivity (Wildman–Crippen MR) is 100 cm³/mol. The molecule has 0 aromatic rings. The van der Waals surface area contributed by atoms with Crippen LogP contribution in [-0.2, 0) is 23.8 Å². The van der Waals surface area contributed by atoms with Crippen molar-refractivity contribution in [3.63, 3.8) is 0 Å². The molecule has 0 spiro atoms. The lowest BCUT2D eigenvalue weighted by Crippen LogP contribution is -2.48. The maximum atomic E-state index is 12.6. The molecule has 156 valence electrons. The number of carbonyl (C=O) groups is 3. The maximum Gasteiger partial charge on any atom is 0.414 e. The van der Waals surface area contributed by atoms with Crippen LogP contribution < -0.4 is 5.32 Å². The van der Waals surface area contributed by atoms with Crippen LogP contribution in [0.15, 0.2) is 12.7 Å². The number of aliphatic hydroxyl groups excluding tert-OH is 1. The highest BCUT2D eigenvalue weighted by Crippen LogP contribution is 2.23. The second-order valence-corrected chi connectivity index (χ2v) is 7.45. The lowest BCUT2D eigenvalue weighted by Gasteiger charge is -2.30. The fourth-order valence-corrected chi connectivity index (χ4v) is 2.22. The van der Waals surface area contributed by atoms with Crippen LogP contribution >= 0.6 is 0 Å². The third-order valence-corrected chi connectivity index (χ3v) is 3.70. The molecule has 0 heterocycles. The molecule has 27 heavy (non-hydrogen) atoms. The SMILES string of the molecule is C=C[C@H](C(OCCOCC(C)=O)C(=O)NC(=O)OC(C)(C)C)[C@H](C)[C@H](C)O. The van der Waals surface area contributed by atoms with Gasteiger partial charge in [-0.15, -0.1) is 6.58 Å². The number of carbonyl (C=O) groups excluding carboxylic acids is 3. The first-order valence-electron chi connectivity index (χ1n) is 8.92. The number of hydrogen-bond donors (Lipinski definition) is 2. The molecule has 2 amide bonds. The first kappa shape index (κ1) is 25.2. The molecule has 0 aromatic heterocycles. The molecule has 0 aliphatic heterocycles. The second-order valence-electron chi connectivity index (χ2n) is 7.45. The topological polar surface area (TPSA) is 111 Å². The Balaban J connectivity index is 5.08. The van der Waals surface area contributed by atoms with Gasteiger partial charge in [-0.1, -0.05) is 13.0 Å². The molecule has 1 unspecified atom stereocenters. The van der Waals surface area contributed by atoms with Crippen molar-refractivity contribution >= 4 is 17.8 Å². The Morgan fingerprint density at radius 3 is 2.22 bits per heavy atom. The largest absolute Gasteiger partial charge is 0.444 e. The Kier molecular flexibility index (Phi) is 11.1. The van der Waals surface area contributed by atoms with E-state index in [1.807, 2.05) is 0 Å². The number of imide groups is 1. The fourth-order valence-electron chi connectivity index (χ4n) is 2.22. The van der Waals surface area contributed by atoms with Gasteiger partial charge in [0, 0.05) is 5.92 Å². The van der Waals surface area contributed by atoms with Crippen LogP contribution in [0.4, 0.5) is 4.79 Å². The first-order valence-corrected chi connectivity index (χ1v) is 8.92. The van der Waals surface area contributed by atoms with Gasteiger partial charge in [-0.05, 0) is 40.5 Å². The minimum absolute atomic E-state index is 0.0244. The Hall–Kier alpha value is -1.77. The lowest BCUT2D eigenvalue weighted by molar-refractivity contribution is -0.139. The molecule has 0 bridgehead atoms. The van der Waals surface area contributed by atoms with Crippen molar-refractivity contribution in [3.8, 4) is 0 Å². The number of ether oxygens (including phenoxy) is 3. The van der Waals surface area contributed by atoms with Gasteiger partial charge in [0.25, 0.3) is 5.91 Å². The van der Waals surface area contributed by atoms with Crippen LogP contribution in [0.25, 0.3) is 0 Å². The Morgan fingerprint density at radius 2 is 1.78 bits per heavy atom. The molecule has 4 atom stereocenters. The van der Waals surface area contributed by atoms with E-state index < -0.39 is 35.7 Å². The summed E-state index contributed by atoms with van der Waals surface area (Å²) in [6, 6.07) is 0. The van der Waals surface area contributed by atoms with E-state index in [0.29, 0.717) is 0 Å². The molecule has 0 rings (SSSR count). The van der Waals surface area contributed by atoms with E-state index in [-0.39, 0.29) is 31.5 Å². The highest BCUT2D eigenvalue weighted by molar-refractivity contribution is 5.94. The summed E-state index contributed by atoms with van der Waals surface area (Å²) in [5.41, 5.74) is -0.758. The molecule has 8 nitrogen and oxygen atoms in total. The van der Waals surface area contributed by atoms with E-state index in [1.165, 1.54) is 13.0 Å². The first-order chi connectivity index (χ1) is 12.4. The molecular formula is C19H33NO7. The lowest BCUT2D eigenvalue weighted by atomic mass is 9.85. The summed E-state index contributed by atoms with van der Waals surface area (Å²) in [4.78, 5) is 35.4. The van der Waals surface area contributed by atoms with Crippen LogP contribution in [0.2, 0.25) is 0 Å². The van der Waals surface area contributed by atoms with Crippen molar-refractivity contribution in [1.82, 2.24) is 5.32 Å². The molecule has 0 aliphatic rings. The number of aliphatic hydroxyl groups is 1. The van der Waals surface area contributed by atoms with E-state index in [0.717, 1.165) is 0 Å². The molecule has 8 heteroatoms. The zero-order chi connectivity index (χ0) is 21.2. The molecule has 0 saturated heterocycles. The van der Waals surface area contributed by atoms with Gasteiger partial charge in [-0.3, -0.25) is 14.9 Å². The maximum absolute atomic E-state index is 12.6. The van der Waals surface area contributed by atoms with Gasteiger partial charge >= 0.3 is 6.09 Å². The average molecular weight is 387 g/mol. The van der Waals surface area contributed by atoms with Gasteiger partial charge in [-0.2, -0.15) is 0 Å². The molecule has 0 fully saturated rings. The van der Waals surface area contributed by atoms with Gasteiger partial charge in [0.2, 0.25) is 0 Å². The third kappa shape index (κ3) is 10.8. The summed E-state index contributed by atoms with van der Waals surface area (Å²) < 4.78 is 15.8. The molecular weight excluding hydrogens is 354 g/mol. The second kappa shape index (κ2) is 11.8. The van der Waals surface area contributed by atoms with E-state index in [2.05, 4.69) is 11.9 Å². The zero-order valence-electron chi connectivity index (χ0n) is 17.1. The Labute approximate surface area is 161 Å². The highest BCUT2D eigenvalue weighted by atomic mass is 16.6. The highest BCUT2D eigenvalue weighted by Gasteiger charge is 2.34. The number of amides is 2. The van der Waals surface area contributed by atoms with Crippen molar-refractivity contribution in [3.05, 3.63) is 12.7 Å². The molecule has 0 radical (unpaired) electrons. The smallest absolute Gasteiger partial charge is 0.414 e. The van der Waals surface area contributed by atoms with E-state index in [1.54, 1.807) is 34.6 Å². The van der Waals surface area contributed by atoms with Crippen LogP contribution in [0, 0.1) is 11.8 Å². The van der Waals surface area contributed by atoms with Gasteiger partial charge in [-0.25, -0.2) is 4.79 Å². The quantitative estimate of drug-likeness (QED) is 0.411. The number of hydrogen-bond acceptors (Lipinski definition) is 7. The number of ketones is 1. The van der Waals surface area contributed by atoms with E-state index in [4.69, 9.17) is 14.2 Å². The van der Waals surface area contributed by atoms with Crippen LogP contribution in [0.3, 0.4) is 0 Å². The van der Waals surface area contributed by atoms with Gasteiger partial charge in [0.1, 0.15) is 18.3 Å². The van der Waals surface area contributed by atoms with Crippen molar-refractivity contribution < 1.29 is 33.7 Å². The van der Waals surface area contributed by atoms with Gasteiger partial charge < -0.3 is 19.3 Å². The molecule has 0 saturated carbocycles. The average Bonchev–Trinajstić information content (AvgIpc) is 2.50. The zero-order valence-corrected chi connectivity index (χ0v) is 17.1. The van der Waals surface area contributed by atoms with Crippen molar-refractivity contribution in [2.24, 2.45) is 11.8 Å². The summed E-state index contributed by atoms with van der Waals surface area (Å²) in [6.07, 6.45) is -1.18. The van der Waals surface area contributed by atoms with Crippen molar-refractivity contribution in [2.75, 3.05) is 19.8 Å². The van der Waals surface area contributed by atoms with E-state index >= 15 is 0 Å². The molecule has 0 aromatic carbocycles. The predicted octanol–water partition coefficient (Wildman–Crippen LogP) is 1.85. The van der Waals surface area contributed by atoms with Crippen molar-refractivity contribution in [1.29, 1.82) is 0 Å². The summed E-state index contributed by atoms with van der Waals surface area (Å²) >= 11 is 0. The third-order valence-electron chi connectivity index (χ3n) is 3.70.